The first-order chi connectivity index (χ1) is 8.63. The first-order valence-electron chi connectivity index (χ1n) is 6.27. The van der Waals surface area contributed by atoms with Gasteiger partial charge in [-0.3, -0.25) is 10.1 Å². The third-order valence-electron chi connectivity index (χ3n) is 3.78. The Kier molecular flexibility index (Phi) is 2.54. The lowest BCUT2D eigenvalue weighted by Gasteiger charge is -2.04. The number of rotatable bonds is 2. The zero-order valence-electron chi connectivity index (χ0n) is 10.2. The summed E-state index contributed by atoms with van der Waals surface area (Å²) in [5.74, 6) is 2.21. The lowest BCUT2D eigenvalue weighted by molar-refractivity contribution is -0.384. The summed E-state index contributed by atoms with van der Waals surface area (Å²) in [6.45, 7) is 2.26. The molecule has 1 fully saturated rings. The van der Waals surface area contributed by atoms with Gasteiger partial charge in [0.05, 0.1) is 16.0 Å². The number of nitro benzene ring substituents is 1. The summed E-state index contributed by atoms with van der Waals surface area (Å²) < 4.78 is 0. The van der Waals surface area contributed by atoms with Gasteiger partial charge in [0.25, 0.3) is 5.69 Å². The third-order valence-corrected chi connectivity index (χ3v) is 3.78. The van der Waals surface area contributed by atoms with Crippen LogP contribution in [-0.4, -0.2) is 14.9 Å². The summed E-state index contributed by atoms with van der Waals surface area (Å²) in [4.78, 5) is 18.1. The van der Waals surface area contributed by atoms with Crippen molar-refractivity contribution >= 4 is 16.7 Å². The summed E-state index contributed by atoms with van der Waals surface area (Å²) in [5.41, 5.74) is 1.69. The van der Waals surface area contributed by atoms with Crippen molar-refractivity contribution in [2.75, 3.05) is 0 Å². The number of nitrogens with one attached hydrogen (secondary N) is 1. The number of nitro groups is 1. The second-order valence-electron chi connectivity index (χ2n) is 5.20. The highest BCUT2D eigenvalue weighted by molar-refractivity contribution is 5.77. The lowest BCUT2D eigenvalue weighted by atomic mass is 10.1. The molecule has 5 heteroatoms. The Morgan fingerprint density at radius 3 is 2.94 bits per heavy atom. The lowest BCUT2D eigenvalue weighted by Crippen LogP contribution is -1.95. The van der Waals surface area contributed by atoms with E-state index >= 15 is 0 Å². The van der Waals surface area contributed by atoms with Crippen LogP contribution in [0.3, 0.4) is 0 Å². The maximum absolute atomic E-state index is 10.7. The molecule has 5 nitrogen and oxygen atoms in total. The molecule has 1 N–H and O–H groups in total. The van der Waals surface area contributed by atoms with Gasteiger partial charge in [-0.25, -0.2) is 4.98 Å². The molecule has 94 valence electrons. The van der Waals surface area contributed by atoms with Crippen molar-refractivity contribution in [3.8, 4) is 0 Å². The molecule has 0 spiro atoms. The molecule has 0 aliphatic heterocycles. The number of hydrogen-bond acceptors (Lipinski definition) is 3. The van der Waals surface area contributed by atoms with Crippen molar-refractivity contribution in [3.63, 3.8) is 0 Å². The van der Waals surface area contributed by atoms with Crippen LogP contribution in [0.4, 0.5) is 5.69 Å². The molecule has 2 aromatic rings. The summed E-state index contributed by atoms with van der Waals surface area (Å²) in [6, 6.07) is 4.78. The van der Waals surface area contributed by atoms with Crippen molar-refractivity contribution < 1.29 is 4.92 Å². The molecule has 0 bridgehead atoms. The predicted molar refractivity (Wildman–Crippen MR) is 68.5 cm³/mol. The second-order valence-corrected chi connectivity index (χ2v) is 5.20. The van der Waals surface area contributed by atoms with Crippen LogP contribution in [0.5, 0.6) is 0 Å². The van der Waals surface area contributed by atoms with Crippen LogP contribution < -0.4 is 0 Å². The molecule has 18 heavy (non-hydrogen) atoms. The van der Waals surface area contributed by atoms with E-state index in [0.717, 1.165) is 35.6 Å². The zero-order chi connectivity index (χ0) is 12.7. The minimum atomic E-state index is -0.377. The van der Waals surface area contributed by atoms with Crippen LogP contribution in [0.2, 0.25) is 0 Å². The highest BCUT2D eigenvalue weighted by Crippen LogP contribution is 2.37. The molecule has 0 radical (unpaired) electrons. The topological polar surface area (TPSA) is 71.8 Å². The Morgan fingerprint density at radius 2 is 2.28 bits per heavy atom. The quantitative estimate of drug-likeness (QED) is 0.651. The molecule has 0 saturated heterocycles. The van der Waals surface area contributed by atoms with Gasteiger partial charge in [0, 0.05) is 18.1 Å². The molecular weight excluding hydrogens is 230 g/mol. The van der Waals surface area contributed by atoms with Gasteiger partial charge in [0.15, 0.2) is 0 Å². The van der Waals surface area contributed by atoms with Crippen molar-refractivity contribution in [2.24, 2.45) is 5.92 Å². The van der Waals surface area contributed by atoms with Crippen LogP contribution in [0.25, 0.3) is 11.0 Å². The number of hydrogen-bond donors (Lipinski definition) is 1. The molecule has 0 amide bonds. The maximum atomic E-state index is 10.7. The van der Waals surface area contributed by atoms with Crippen molar-refractivity contribution in [1.29, 1.82) is 0 Å². The number of aromatic amines is 1. The molecule has 1 aromatic heterocycles. The van der Waals surface area contributed by atoms with Gasteiger partial charge in [-0.15, -0.1) is 0 Å². The SMILES string of the molecule is C[C@H]1CC[C@@H](c2nc3ccc([N+](=O)[O-])cc3[nH]2)C1. The molecule has 1 heterocycles. The highest BCUT2D eigenvalue weighted by Gasteiger charge is 2.25. The number of H-pyrrole nitrogens is 1. The van der Waals surface area contributed by atoms with E-state index in [9.17, 15) is 10.1 Å². The fourth-order valence-corrected chi connectivity index (χ4v) is 2.78. The normalized spacial score (nSPS) is 23.6. The average Bonchev–Trinajstić information content (AvgIpc) is 2.93. The number of nitrogens with zero attached hydrogens (tertiary/aromatic N) is 2. The van der Waals surface area contributed by atoms with Gasteiger partial charge < -0.3 is 4.98 Å². The monoisotopic (exact) mass is 245 g/mol. The van der Waals surface area contributed by atoms with Gasteiger partial charge in [-0.05, 0) is 31.2 Å². The van der Waals surface area contributed by atoms with E-state index < -0.39 is 0 Å². The van der Waals surface area contributed by atoms with E-state index in [1.54, 1.807) is 12.1 Å². The van der Waals surface area contributed by atoms with Crippen LogP contribution in [0.1, 0.15) is 37.9 Å². The van der Waals surface area contributed by atoms with Crippen LogP contribution >= 0.6 is 0 Å². The summed E-state index contributed by atoms with van der Waals surface area (Å²) in [5, 5.41) is 10.7. The van der Waals surface area contributed by atoms with E-state index in [0.29, 0.717) is 5.92 Å². The Morgan fingerprint density at radius 1 is 1.44 bits per heavy atom. The largest absolute Gasteiger partial charge is 0.342 e. The summed E-state index contributed by atoms with van der Waals surface area (Å²) >= 11 is 0. The van der Waals surface area contributed by atoms with E-state index in [1.165, 1.54) is 12.5 Å². The van der Waals surface area contributed by atoms with E-state index in [1.807, 2.05) is 0 Å². The minimum Gasteiger partial charge on any atom is -0.342 e. The number of aromatic nitrogens is 2. The van der Waals surface area contributed by atoms with Crippen LogP contribution in [0, 0.1) is 16.0 Å². The van der Waals surface area contributed by atoms with Gasteiger partial charge in [-0.2, -0.15) is 0 Å². The van der Waals surface area contributed by atoms with Crippen LogP contribution in [-0.2, 0) is 0 Å². The first-order valence-corrected chi connectivity index (χ1v) is 6.27. The van der Waals surface area contributed by atoms with E-state index in [-0.39, 0.29) is 10.6 Å². The maximum Gasteiger partial charge on any atom is 0.271 e. The molecule has 2 atom stereocenters. The number of benzene rings is 1. The van der Waals surface area contributed by atoms with Gasteiger partial charge in [-0.1, -0.05) is 6.92 Å². The predicted octanol–water partition coefficient (Wildman–Crippen LogP) is 3.37. The molecule has 1 aliphatic carbocycles. The van der Waals surface area contributed by atoms with Gasteiger partial charge in [0.1, 0.15) is 5.82 Å². The summed E-state index contributed by atoms with van der Waals surface area (Å²) in [7, 11) is 0. The second kappa shape index (κ2) is 4.08. The zero-order valence-corrected chi connectivity index (χ0v) is 10.2. The Bertz CT molecular complexity index is 605. The Hall–Kier alpha value is -1.91. The standard InChI is InChI=1S/C13H15N3O2/c1-8-2-3-9(6-8)13-14-11-5-4-10(16(17)18)7-12(11)15-13/h4-5,7-9H,2-3,6H2,1H3,(H,14,15)/t8-,9+/m0/s1. The minimum absolute atomic E-state index is 0.109. The molecule has 1 aliphatic rings. The number of non-ortho nitro benzene ring substituents is 1. The van der Waals surface area contributed by atoms with E-state index in [2.05, 4.69) is 16.9 Å². The highest BCUT2D eigenvalue weighted by atomic mass is 16.6. The van der Waals surface area contributed by atoms with Crippen molar-refractivity contribution in [2.45, 2.75) is 32.1 Å². The Balaban J connectivity index is 1.98. The fourth-order valence-electron chi connectivity index (χ4n) is 2.78. The van der Waals surface area contributed by atoms with Crippen molar-refractivity contribution in [3.05, 3.63) is 34.1 Å². The van der Waals surface area contributed by atoms with Gasteiger partial charge in [0.2, 0.25) is 0 Å². The molecule has 1 aromatic carbocycles. The Labute approximate surface area is 104 Å². The smallest absolute Gasteiger partial charge is 0.271 e. The fraction of sp³-hybridized carbons (Fsp3) is 0.462. The number of fused-ring (bicyclic) bond motifs is 1. The van der Waals surface area contributed by atoms with Crippen LogP contribution in [0.15, 0.2) is 18.2 Å². The summed E-state index contributed by atoms with van der Waals surface area (Å²) in [6.07, 6.45) is 3.55. The molecule has 1 saturated carbocycles. The van der Waals surface area contributed by atoms with Gasteiger partial charge >= 0.3 is 0 Å². The third kappa shape index (κ3) is 1.85. The number of imidazole rings is 1. The molecule has 3 rings (SSSR count). The average molecular weight is 245 g/mol. The van der Waals surface area contributed by atoms with Crippen molar-refractivity contribution in [1.82, 2.24) is 9.97 Å². The molecule has 0 unspecified atom stereocenters. The molecular formula is C13H15N3O2. The van der Waals surface area contributed by atoms with E-state index in [4.69, 9.17) is 0 Å². The first kappa shape index (κ1) is 11.2.